The summed E-state index contributed by atoms with van der Waals surface area (Å²) in [7, 11) is 0. The molecule has 1 unspecified atom stereocenters. The van der Waals surface area contributed by atoms with E-state index in [0.717, 1.165) is 23.1 Å². The first-order valence-corrected chi connectivity index (χ1v) is 8.51. The van der Waals surface area contributed by atoms with Crippen LogP contribution in [0.1, 0.15) is 44.9 Å². The fraction of sp³-hybridized carbons (Fsp3) is 0.400. The van der Waals surface area contributed by atoms with Gasteiger partial charge >= 0.3 is 6.09 Å². The number of benzene rings is 1. The fourth-order valence-electron chi connectivity index (χ4n) is 3.53. The Morgan fingerprint density at radius 3 is 2.68 bits per heavy atom. The molecule has 1 aromatic carbocycles. The Labute approximate surface area is 148 Å². The highest BCUT2D eigenvalue weighted by Gasteiger charge is 2.39. The molecule has 2 aromatic rings. The average molecular weight is 340 g/mol. The molecule has 1 heterocycles. The number of nitrogens with zero attached hydrogens (tertiary/aromatic N) is 1. The van der Waals surface area contributed by atoms with Crippen LogP contribution in [0.3, 0.4) is 0 Å². The molecule has 1 amide bonds. The number of ether oxygens (including phenoxy) is 1. The third kappa shape index (κ3) is 3.60. The van der Waals surface area contributed by atoms with E-state index in [-0.39, 0.29) is 17.6 Å². The highest BCUT2D eigenvalue weighted by atomic mass is 16.5. The van der Waals surface area contributed by atoms with Gasteiger partial charge in [-0.1, -0.05) is 32.0 Å². The SMILES string of the molecule is CC(C)Oc1cc(-c2ccc3c(c2)CC(C)(C)C3NC(=O)O)ccn1. The van der Waals surface area contributed by atoms with Gasteiger partial charge in [0.25, 0.3) is 0 Å². The molecule has 0 fully saturated rings. The minimum Gasteiger partial charge on any atom is -0.475 e. The molecule has 5 heteroatoms. The van der Waals surface area contributed by atoms with Crippen molar-refractivity contribution in [1.29, 1.82) is 0 Å². The Balaban J connectivity index is 1.94. The maximum Gasteiger partial charge on any atom is 0.405 e. The minimum absolute atomic E-state index is 0.0754. The highest BCUT2D eigenvalue weighted by Crippen LogP contribution is 2.46. The molecule has 132 valence electrons. The quantitative estimate of drug-likeness (QED) is 0.864. The number of pyridine rings is 1. The molecule has 1 atom stereocenters. The van der Waals surface area contributed by atoms with E-state index >= 15 is 0 Å². The molecule has 0 spiro atoms. The number of nitrogens with one attached hydrogen (secondary N) is 1. The number of hydrogen-bond donors (Lipinski definition) is 2. The van der Waals surface area contributed by atoms with Crippen LogP contribution < -0.4 is 10.1 Å². The zero-order valence-corrected chi connectivity index (χ0v) is 15.0. The van der Waals surface area contributed by atoms with Crippen LogP contribution in [-0.4, -0.2) is 22.3 Å². The minimum atomic E-state index is -0.986. The van der Waals surface area contributed by atoms with E-state index in [1.54, 1.807) is 6.20 Å². The van der Waals surface area contributed by atoms with Crippen LogP contribution in [0.2, 0.25) is 0 Å². The Bertz CT molecular complexity index is 799. The monoisotopic (exact) mass is 340 g/mol. The van der Waals surface area contributed by atoms with Crippen molar-refractivity contribution in [2.45, 2.75) is 46.3 Å². The van der Waals surface area contributed by atoms with Crippen LogP contribution in [0.25, 0.3) is 11.1 Å². The second-order valence-electron chi connectivity index (χ2n) is 7.51. The van der Waals surface area contributed by atoms with Gasteiger partial charge < -0.3 is 15.2 Å². The first-order chi connectivity index (χ1) is 11.8. The van der Waals surface area contributed by atoms with Crippen LogP contribution in [-0.2, 0) is 6.42 Å². The largest absolute Gasteiger partial charge is 0.475 e. The summed E-state index contributed by atoms with van der Waals surface area (Å²) in [5, 5.41) is 11.8. The molecule has 0 saturated heterocycles. The van der Waals surface area contributed by atoms with E-state index in [1.165, 1.54) is 5.56 Å². The van der Waals surface area contributed by atoms with Crippen molar-refractivity contribution in [3.8, 4) is 17.0 Å². The number of amides is 1. The summed E-state index contributed by atoms with van der Waals surface area (Å²) >= 11 is 0. The van der Waals surface area contributed by atoms with Gasteiger partial charge in [0.1, 0.15) is 0 Å². The molecule has 2 N–H and O–H groups in total. The van der Waals surface area contributed by atoms with Gasteiger partial charge in [-0.2, -0.15) is 0 Å². The lowest BCUT2D eigenvalue weighted by molar-refractivity contribution is 0.175. The molecular formula is C20H24N2O3. The second-order valence-corrected chi connectivity index (χ2v) is 7.51. The lowest BCUT2D eigenvalue weighted by atomic mass is 9.85. The first-order valence-electron chi connectivity index (χ1n) is 8.51. The molecule has 3 rings (SSSR count). The van der Waals surface area contributed by atoms with Gasteiger partial charge in [0.2, 0.25) is 5.88 Å². The Morgan fingerprint density at radius 2 is 2.00 bits per heavy atom. The van der Waals surface area contributed by atoms with Crippen molar-refractivity contribution >= 4 is 6.09 Å². The van der Waals surface area contributed by atoms with E-state index in [9.17, 15) is 4.79 Å². The number of fused-ring (bicyclic) bond motifs is 1. The molecule has 0 radical (unpaired) electrons. The predicted molar refractivity (Wildman–Crippen MR) is 96.8 cm³/mol. The summed E-state index contributed by atoms with van der Waals surface area (Å²) in [5.74, 6) is 0.610. The van der Waals surface area contributed by atoms with Crippen LogP contribution in [0.5, 0.6) is 5.88 Å². The van der Waals surface area contributed by atoms with Crippen LogP contribution in [0.4, 0.5) is 4.79 Å². The Kier molecular flexibility index (Phi) is 4.41. The number of carboxylic acid groups (broad SMARTS) is 1. The zero-order chi connectivity index (χ0) is 18.2. The summed E-state index contributed by atoms with van der Waals surface area (Å²) < 4.78 is 5.68. The van der Waals surface area contributed by atoms with Gasteiger partial charge in [-0.25, -0.2) is 9.78 Å². The Morgan fingerprint density at radius 1 is 1.28 bits per heavy atom. The summed E-state index contributed by atoms with van der Waals surface area (Å²) in [6.45, 7) is 8.13. The third-order valence-electron chi connectivity index (χ3n) is 4.57. The van der Waals surface area contributed by atoms with Crippen LogP contribution in [0.15, 0.2) is 36.5 Å². The van der Waals surface area contributed by atoms with Gasteiger partial charge in [0, 0.05) is 12.3 Å². The maximum atomic E-state index is 11.1. The van der Waals surface area contributed by atoms with E-state index in [0.29, 0.717) is 5.88 Å². The molecule has 0 aliphatic heterocycles. The fourth-order valence-corrected chi connectivity index (χ4v) is 3.53. The molecule has 5 nitrogen and oxygen atoms in total. The van der Waals surface area contributed by atoms with Gasteiger partial charge in [0.15, 0.2) is 0 Å². The topological polar surface area (TPSA) is 71.5 Å². The molecule has 25 heavy (non-hydrogen) atoms. The van der Waals surface area contributed by atoms with Crippen molar-refractivity contribution in [2.24, 2.45) is 5.41 Å². The van der Waals surface area contributed by atoms with Crippen molar-refractivity contribution < 1.29 is 14.6 Å². The number of rotatable bonds is 4. The van der Waals surface area contributed by atoms with E-state index in [4.69, 9.17) is 9.84 Å². The normalized spacial score (nSPS) is 18.0. The molecule has 1 aliphatic carbocycles. The molecule has 1 aromatic heterocycles. The van der Waals surface area contributed by atoms with Crippen LogP contribution in [0, 0.1) is 5.41 Å². The maximum absolute atomic E-state index is 11.1. The smallest absolute Gasteiger partial charge is 0.405 e. The molecule has 0 bridgehead atoms. The van der Waals surface area contributed by atoms with Gasteiger partial charge in [-0.3, -0.25) is 0 Å². The van der Waals surface area contributed by atoms with Crippen LogP contribution >= 0.6 is 0 Å². The first kappa shape index (κ1) is 17.3. The van der Waals surface area contributed by atoms with E-state index in [1.807, 2.05) is 38.1 Å². The standard InChI is InChI=1S/C20H24N2O3/c1-12(2)25-17-10-14(7-8-21-17)13-5-6-16-15(9-13)11-20(3,4)18(16)22-19(23)24/h5-10,12,18,22H,11H2,1-4H3,(H,23,24). The third-order valence-corrected chi connectivity index (χ3v) is 4.57. The summed E-state index contributed by atoms with van der Waals surface area (Å²) in [6, 6.07) is 9.92. The molecule has 1 aliphatic rings. The van der Waals surface area contributed by atoms with E-state index in [2.05, 4.69) is 30.2 Å². The average Bonchev–Trinajstić information content (AvgIpc) is 2.76. The summed E-state index contributed by atoms with van der Waals surface area (Å²) in [5.41, 5.74) is 4.22. The number of hydrogen-bond acceptors (Lipinski definition) is 3. The van der Waals surface area contributed by atoms with Gasteiger partial charge in [-0.15, -0.1) is 0 Å². The van der Waals surface area contributed by atoms with Crippen molar-refractivity contribution in [3.05, 3.63) is 47.7 Å². The highest BCUT2D eigenvalue weighted by molar-refractivity contribution is 5.68. The van der Waals surface area contributed by atoms with Gasteiger partial charge in [0.05, 0.1) is 12.1 Å². The second kappa shape index (κ2) is 6.39. The number of aromatic nitrogens is 1. The Hall–Kier alpha value is -2.56. The molecule has 0 saturated carbocycles. The van der Waals surface area contributed by atoms with Crippen molar-refractivity contribution in [3.63, 3.8) is 0 Å². The lowest BCUT2D eigenvalue weighted by Crippen LogP contribution is -2.34. The predicted octanol–water partition coefficient (Wildman–Crippen LogP) is 4.43. The van der Waals surface area contributed by atoms with Gasteiger partial charge in [-0.05, 0) is 54.0 Å². The van der Waals surface area contributed by atoms with Crippen molar-refractivity contribution in [2.75, 3.05) is 0 Å². The lowest BCUT2D eigenvalue weighted by Gasteiger charge is -2.27. The molecular weight excluding hydrogens is 316 g/mol. The number of carbonyl (C=O) groups is 1. The van der Waals surface area contributed by atoms with Crippen molar-refractivity contribution in [1.82, 2.24) is 10.3 Å². The summed E-state index contributed by atoms with van der Waals surface area (Å²) in [4.78, 5) is 15.4. The summed E-state index contributed by atoms with van der Waals surface area (Å²) in [6.07, 6.45) is 1.67. The van der Waals surface area contributed by atoms with E-state index < -0.39 is 6.09 Å². The zero-order valence-electron chi connectivity index (χ0n) is 15.0.